The molecule has 2 heterocycles. The Morgan fingerprint density at radius 1 is 1.39 bits per heavy atom. The van der Waals surface area contributed by atoms with Crippen LogP contribution in [-0.2, 0) is 6.54 Å². The van der Waals surface area contributed by atoms with E-state index in [0.29, 0.717) is 12.1 Å². The molecule has 100 valence electrons. The van der Waals surface area contributed by atoms with Gasteiger partial charge in [-0.15, -0.1) is 0 Å². The zero-order valence-corrected chi connectivity index (χ0v) is 11.8. The van der Waals surface area contributed by atoms with Crippen LogP contribution in [0.25, 0.3) is 0 Å². The summed E-state index contributed by atoms with van der Waals surface area (Å²) >= 11 is 0. The molecule has 1 aromatic heterocycles. The third-order valence-corrected chi connectivity index (χ3v) is 3.61. The van der Waals surface area contributed by atoms with Crippen LogP contribution in [0.3, 0.4) is 0 Å². The highest BCUT2D eigenvalue weighted by Crippen LogP contribution is 2.18. The average Bonchev–Trinajstić information content (AvgIpc) is 2.33. The summed E-state index contributed by atoms with van der Waals surface area (Å²) in [4.78, 5) is 6.71. The number of nitrogens with one attached hydrogen (secondary N) is 1. The van der Waals surface area contributed by atoms with E-state index in [2.05, 4.69) is 48.1 Å². The van der Waals surface area contributed by atoms with Gasteiger partial charge in [0.05, 0.1) is 0 Å². The fourth-order valence-corrected chi connectivity index (χ4v) is 2.72. The fourth-order valence-electron chi connectivity index (χ4n) is 2.72. The van der Waals surface area contributed by atoms with Gasteiger partial charge in [-0.2, -0.15) is 0 Å². The summed E-state index contributed by atoms with van der Waals surface area (Å²) in [5, 5.41) is 3.60. The van der Waals surface area contributed by atoms with Crippen molar-refractivity contribution in [3.63, 3.8) is 0 Å². The molecule has 0 spiro atoms. The minimum Gasteiger partial charge on any atom is -0.311 e. The van der Waals surface area contributed by atoms with Crippen LogP contribution in [0.1, 0.15) is 32.8 Å². The van der Waals surface area contributed by atoms with E-state index < -0.39 is 0 Å². The predicted octanol–water partition coefficient (Wildman–Crippen LogP) is 2.29. The zero-order chi connectivity index (χ0) is 13.0. The van der Waals surface area contributed by atoms with Crippen molar-refractivity contribution in [1.82, 2.24) is 15.2 Å². The lowest BCUT2D eigenvalue weighted by Crippen LogP contribution is -2.55. The van der Waals surface area contributed by atoms with Gasteiger partial charge in [0.25, 0.3) is 0 Å². The molecule has 18 heavy (non-hydrogen) atoms. The zero-order valence-electron chi connectivity index (χ0n) is 11.8. The molecule has 0 aromatic carbocycles. The Kier molecular flexibility index (Phi) is 4.72. The van der Waals surface area contributed by atoms with Gasteiger partial charge >= 0.3 is 0 Å². The first kappa shape index (κ1) is 13.5. The molecule has 1 aliphatic rings. The van der Waals surface area contributed by atoms with Crippen molar-refractivity contribution in [2.75, 3.05) is 13.1 Å². The van der Waals surface area contributed by atoms with E-state index in [9.17, 15) is 0 Å². The van der Waals surface area contributed by atoms with Gasteiger partial charge in [-0.05, 0) is 37.0 Å². The van der Waals surface area contributed by atoms with Gasteiger partial charge in [0.2, 0.25) is 0 Å². The third-order valence-electron chi connectivity index (χ3n) is 3.61. The second-order valence-corrected chi connectivity index (χ2v) is 5.88. The summed E-state index contributed by atoms with van der Waals surface area (Å²) in [6.45, 7) is 10.2. The molecule has 1 N–H and O–H groups in total. The lowest BCUT2D eigenvalue weighted by atomic mass is 9.99. The number of nitrogens with zero attached hydrogens (tertiary/aromatic N) is 2. The maximum absolute atomic E-state index is 4.09. The summed E-state index contributed by atoms with van der Waals surface area (Å²) < 4.78 is 0. The summed E-state index contributed by atoms with van der Waals surface area (Å²) in [6, 6.07) is 5.50. The second kappa shape index (κ2) is 6.30. The van der Waals surface area contributed by atoms with Gasteiger partial charge in [0, 0.05) is 44.1 Å². The van der Waals surface area contributed by atoms with Crippen molar-refractivity contribution in [1.29, 1.82) is 0 Å². The van der Waals surface area contributed by atoms with Crippen molar-refractivity contribution in [2.24, 2.45) is 5.92 Å². The molecule has 1 saturated heterocycles. The highest BCUT2D eigenvalue weighted by Gasteiger charge is 2.26. The van der Waals surface area contributed by atoms with Crippen LogP contribution in [0.4, 0.5) is 0 Å². The van der Waals surface area contributed by atoms with E-state index in [0.717, 1.165) is 25.6 Å². The molecule has 0 saturated carbocycles. The average molecular weight is 247 g/mol. The van der Waals surface area contributed by atoms with Gasteiger partial charge < -0.3 is 5.32 Å². The van der Waals surface area contributed by atoms with Crippen LogP contribution in [0.15, 0.2) is 24.5 Å². The molecular formula is C15H25N3. The van der Waals surface area contributed by atoms with Crippen molar-refractivity contribution >= 4 is 0 Å². The van der Waals surface area contributed by atoms with E-state index in [1.165, 1.54) is 12.0 Å². The second-order valence-electron chi connectivity index (χ2n) is 5.88. The van der Waals surface area contributed by atoms with Crippen LogP contribution < -0.4 is 5.32 Å². The number of hydrogen-bond donors (Lipinski definition) is 1. The molecule has 3 nitrogen and oxygen atoms in total. The first-order valence-corrected chi connectivity index (χ1v) is 7.01. The highest BCUT2D eigenvalue weighted by atomic mass is 15.2. The lowest BCUT2D eigenvalue weighted by Gasteiger charge is -2.40. The minimum atomic E-state index is 0.593. The summed E-state index contributed by atoms with van der Waals surface area (Å²) in [5.74, 6) is 0.755. The maximum Gasteiger partial charge on any atom is 0.0271 e. The number of hydrogen-bond acceptors (Lipinski definition) is 3. The summed E-state index contributed by atoms with van der Waals surface area (Å²) in [6.07, 6.45) is 5.04. The molecule has 1 aliphatic heterocycles. The van der Waals surface area contributed by atoms with Gasteiger partial charge in [-0.3, -0.25) is 9.88 Å². The number of aromatic nitrogens is 1. The molecule has 0 radical (unpaired) electrons. The molecule has 0 bridgehead atoms. The van der Waals surface area contributed by atoms with Gasteiger partial charge in [-0.1, -0.05) is 13.8 Å². The van der Waals surface area contributed by atoms with E-state index in [-0.39, 0.29) is 0 Å². The van der Waals surface area contributed by atoms with E-state index in [1.54, 1.807) is 0 Å². The highest BCUT2D eigenvalue weighted by molar-refractivity contribution is 5.10. The van der Waals surface area contributed by atoms with Crippen LogP contribution in [-0.4, -0.2) is 35.1 Å². The largest absolute Gasteiger partial charge is 0.311 e. The standard InChI is InChI=1S/C15H25N3/c1-12(2)8-15-9-17-13(3)10-18(15)11-14-4-6-16-7-5-14/h4-7,12-13,15,17H,8-11H2,1-3H3. The van der Waals surface area contributed by atoms with Gasteiger partial charge in [0.15, 0.2) is 0 Å². The Bertz CT molecular complexity index is 350. The molecule has 2 atom stereocenters. The molecule has 0 amide bonds. The van der Waals surface area contributed by atoms with Crippen molar-refractivity contribution in [3.05, 3.63) is 30.1 Å². The Balaban J connectivity index is 2.01. The minimum absolute atomic E-state index is 0.593. The molecule has 2 unspecified atom stereocenters. The molecule has 2 rings (SSSR count). The summed E-state index contributed by atoms with van der Waals surface area (Å²) in [5.41, 5.74) is 1.37. The van der Waals surface area contributed by atoms with Crippen LogP contribution in [0.2, 0.25) is 0 Å². The van der Waals surface area contributed by atoms with Gasteiger partial charge in [-0.25, -0.2) is 0 Å². The van der Waals surface area contributed by atoms with Crippen molar-refractivity contribution < 1.29 is 0 Å². The van der Waals surface area contributed by atoms with E-state index >= 15 is 0 Å². The maximum atomic E-state index is 4.09. The molecule has 0 aliphatic carbocycles. The summed E-state index contributed by atoms with van der Waals surface area (Å²) in [7, 11) is 0. The van der Waals surface area contributed by atoms with Crippen LogP contribution in [0.5, 0.6) is 0 Å². The van der Waals surface area contributed by atoms with Crippen molar-refractivity contribution in [2.45, 2.75) is 45.8 Å². The number of pyridine rings is 1. The monoisotopic (exact) mass is 247 g/mol. The van der Waals surface area contributed by atoms with Crippen LogP contribution in [0, 0.1) is 5.92 Å². The normalized spacial score (nSPS) is 25.6. The topological polar surface area (TPSA) is 28.2 Å². The Hall–Kier alpha value is -0.930. The number of rotatable bonds is 4. The Morgan fingerprint density at radius 3 is 2.78 bits per heavy atom. The molecular weight excluding hydrogens is 222 g/mol. The predicted molar refractivity (Wildman–Crippen MR) is 75.4 cm³/mol. The molecule has 1 fully saturated rings. The smallest absolute Gasteiger partial charge is 0.0271 e. The van der Waals surface area contributed by atoms with E-state index in [4.69, 9.17) is 0 Å². The molecule has 3 heteroatoms. The van der Waals surface area contributed by atoms with Crippen LogP contribution >= 0.6 is 0 Å². The van der Waals surface area contributed by atoms with E-state index in [1.807, 2.05) is 12.4 Å². The van der Waals surface area contributed by atoms with Crippen molar-refractivity contribution in [3.8, 4) is 0 Å². The lowest BCUT2D eigenvalue weighted by molar-refractivity contribution is 0.111. The molecule has 1 aromatic rings. The first-order chi connectivity index (χ1) is 8.65. The first-order valence-electron chi connectivity index (χ1n) is 7.01. The third kappa shape index (κ3) is 3.79. The van der Waals surface area contributed by atoms with Gasteiger partial charge in [0.1, 0.15) is 0 Å². The SMILES string of the molecule is CC(C)CC1CNC(C)CN1Cc1ccncc1. The quantitative estimate of drug-likeness (QED) is 0.885. The Labute approximate surface area is 111 Å². The Morgan fingerprint density at radius 2 is 2.11 bits per heavy atom. The number of piperazine rings is 1. The fraction of sp³-hybridized carbons (Fsp3) is 0.667.